The molecule has 1 aliphatic heterocycles. The van der Waals surface area contributed by atoms with Crippen LogP contribution in [0.2, 0.25) is 0 Å². The SMILES string of the molecule is Nc1nc(CSc2nnc(CC3CCS(=O)(=O)C3)o2)nc2sc3c(c12)CCCCC3. The molecular weight excluding hydrogens is 442 g/mol. The normalized spacial score (nSPS) is 21.0. The zero-order chi connectivity index (χ0) is 20.7. The third-order valence-corrected chi connectivity index (χ3v) is 9.54. The van der Waals surface area contributed by atoms with E-state index in [4.69, 9.17) is 15.1 Å². The van der Waals surface area contributed by atoms with E-state index in [-0.39, 0.29) is 17.4 Å². The minimum Gasteiger partial charge on any atom is -0.416 e. The number of hydrogen-bond acceptors (Lipinski definition) is 10. The highest BCUT2D eigenvalue weighted by molar-refractivity contribution is 7.98. The van der Waals surface area contributed by atoms with Crippen LogP contribution in [-0.2, 0) is 34.9 Å². The summed E-state index contributed by atoms with van der Waals surface area (Å²) in [7, 11) is -2.90. The first-order valence-corrected chi connectivity index (χ1v) is 13.8. The molecule has 3 aromatic rings. The maximum absolute atomic E-state index is 11.6. The number of nitrogens with zero attached hydrogens (tertiary/aromatic N) is 4. The third-order valence-electron chi connectivity index (χ3n) is 5.70. The van der Waals surface area contributed by atoms with Gasteiger partial charge in [0.1, 0.15) is 16.5 Å². The van der Waals surface area contributed by atoms with Crippen LogP contribution >= 0.6 is 23.1 Å². The monoisotopic (exact) mass is 465 g/mol. The molecule has 2 N–H and O–H groups in total. The number of thioether (sulfide) groups is 1. The van der Waals surface area contributed by atoms with Gasteiger partial charge in [-0.25, -0.2) is 18.4 Å². The van der Waals surface area contributed by atoms with Crippen LogP contribution in [0.1, 0.15) is 47.8 Å². The van der Waals surface area contributed by atoms with Gasteiger partial charge in [-0.3, -0.25) is 0 Å². The Morgan fingerprint density at radius 3 is 2.87 bits per heavy atom. The highest BCUT2D eigenvalue weighted by Crippen LogP contribution is 2.37. The van der Waals surface area contributed by atoms with E-state index in [0.717, 1.165) is 23.1 Å². The minimum absolute atomic E-state index is 0.0629. The van der Waals surface area contributed by atoms with Crippen LogP contribution in [0.15, 0.2) is 9.64 Å². The Kier molecular flexibility index (Phi) is 5.44. The molecule has 0 radical (unpaired) electrons. The smallest absolute Gasteiger partial charge is 0.277 e. The fourth-order valence-electron chi connectivity index (χ4n) is 4.26. The molecule has 5 rings (SSSR count). The lowest BCUT2D eigenvalue weighted by Gasteiger charge is -2.04. The van der Waals surface area contributed by atoms with Gasteiger partial charge in [0.25, 0.3) is 5.22 Å². The van der Waals surface area contributed by atoms with Crippen LogP contribution in [0.4, 0.5) is 5.82 Å². The van der Waals surface area contributed by atoms with Crippen molar-refractivity contribution in [1.29, 1.82) is 0 Å². The topological polar surface area (TPSA) is 125 Å². The zero-order valence-electron chi connectivity index (χ0n) is 16.5. The molecule has 160 valence electrons. The molecule has 0 spiro atoms. The van der Waals surface area contributed by atoms with Crippen molar-refractivity contribution in [3.63, 3.8) is 0 Å². The van der Waals surface area contributed by atoms with E-state index in [9.17, 15) is 8.42 Å². The number of aromatic nitrogens is 4. The molecule has 1 atom stereocenters. The van der Waals surface area contributed by atoms with Gasteiger partial charge >= 0.3 is 0 Å². The molecule has 0 amide bonds. The Hall–Kier alpha value is -1.72. The molecule has 30 heavy (non-hydrogen) atoms. The summed E-state index contributed by atoms with van der Waals surface area (Å²) in [5.41, 5.74) is 7.66. The second kappa shape index (κ2) is 8.08. The second-order valence-electron chi connectivity index (χ2n) is 7.99. The van der Waals surface area contributed by atoms with Crippen molar-refractivity contribution in [3.05, 3.63) is 22.2 Å². The van der Waals surface area contributed by atoms with Crippen molar-refractivity contribution in [2.45, 2.75) is 55.9 Å². The van der Waals surface area contributed by atoms with Gasteiger partial charge in [0.2, 0.25) is 5.89 Å². The molecule has 1 unspecified atom stereocenters. The van der Waals surface area contributed by atoms with Crippen molar-refractivity contribution in [1.82, 2.24) is 20.2 Å². The molecule has 3 aromatic heterocycles. The summed E-state index contributed by atoms with van der Waals surface area (Å²) in [6.45, 7) is 0. The quantitative estimate of drug-likeness (QED) is 0.446. The standard InChI is InChI=1S/C19H23N5O3S3/c20-17-16-12-4-2-1-3-5-13(12)29-18(16)22-14(21-17)9-28-19-24-23-15(27-19)8-11-6-7-30(25,26)10-11/h11H,1-10H2,(H2,20,21,22). The predicted molar refractivity (Wildman–Crippen MR) is 117 cm³/mol. The van der Waals surface area contributed by atoms with E-state index in [1.54, 1.807) is 11.3 Å². The van der Waals surface area contributed by atoms with Gasteiger partial charge in [-0.1, -0.05) is 18.2 Å². The number of hydrogen-bond donors (Lipinski definition) is 1. The van der Waals surface area contributed by atoms with Crippen LogP contribution in [0, 0.1) is 5.92 Å². The third kappa shape index (κ3) is 4.19. The van der Waals surface area contributed by atoms with E-state index in [1.165, 1.54) is 41.5 Å². The second-order valence-corrected chi connectivity index (χ2v) is 12.2. The molecule has 2 aliphatic rings. The van der Waals surface area contributed by atoms with Crippen molar-refractivity contribution in [2.24, 2.45) is 5.92 Å². The lowest BCUT2D eigenvalue weighted by molar-refractivity contribution is 0.389. The summed E-state index contributed by atoms with van der Waals surface area (Å²) in [6.07, 6.45) is 7.01. The maximum atomic E-state index is 11.6. The molecule has 1 saturated heterocycles. The maximum Gasteiger partial charge on any atom is 0.277 e. The van der Waals surface area contributed by atoms with Gasteiger partial charge in [-0.15, -0.1) is 21.5 Å². The van der Waals surface area contributed by atoms with E-state index < -0.39 is 9.84 Å². The van der Waals surface area contributed by atoms with E-state index in [0.29, 0.717) is 41.4 Å². The molecule has 8 nitrogen and oxygen atoms in total. The van der Waals surface area contributed by atoms with Crippen molar-refractivity contribution in [2.75, 3.05) is 17.2 Å². The number of aryl methyl sites for hydroxylation is 2. The van der Waals surface area contributed by atoms with Crippen molar-refractivity contribution in [3.8, 4) is 0 Å². The molecule has 4 heterocycles. The Morgan fingerprint density at radius 2 is 2.03 bits per heavy atom. The van der Waals surface area contributed by atoms with Gasteiger partial charge in [0.15, 0.2) is 9.84 Å². The predicted octanol–water partition coefficient (Wildman–Crippen LogP) is 3.19. The number of anilines is 1. The Morgan fingerprint density at radius 1 is 1.17 bits per heavy atom. The lowest BCUT2D eigenvalue weighted by Crippen LogP contribution is -2.07. The Bertz CT molecular complexity index is 1190. The van der Waals surface area contributed by atoms with Crippen LogP contribution in [0.3, 0.4) is 0 Å². The molecule has 1 fully saturated rings. The highest BCUT2D eigenvalue weighted by atomic mass is 32.2. The number of nitrogen functional groups attached to an aromatic ring is 1. The zero-order valence-corrected chi connectivity index (χ0v) is 18.9. The van der Waals surface area contributed by atoms with Crippen molar-refractivity contribution >= 4 is 49.0 Å². The summed E-state index contributed by atoms with van der Waals surface area (Å²) in [4.78, 5) is 11.6. The van der Waals surface area contributed by atoms with Gasteiger partial charge in [-0.05, 0) is 43.6 Å². The largest absolute Gasteiger partial charge is 0.416 e. The molecule has 0 aromatic carbocycles. The van der Waals surface area contributed by atoms with Gasteiger partial charge in [-0.2, -0.15) is 0 Å². The first-order chi connectivity index (χ1) is 14.5. The Labute approximate surface area is 183 Å². The summed E-state index contributed by atoms with van der Waals surface area (Å²) in [5, 5.41) is 9.61. The van der Waals surface area contributed by atoms with Crippen LogP contribution < -0.4 is 5.73 Å². The molecule has 1 aliphatic carbocycles. The van der Waals surface area contributed by atoms with Crippen LogP contribution in [-0.4, -0.2) is 40.1 Å². The first-order valence-electron chi connectivity index (χ1n) is 10.2. The summed E-state index contributed by atoms with van der Waals surface area (Å²) in [6, 6.07) is 0. The summed E-state index contributed by atoms with van der Waals surface area (Å²) < 4.78 is 28.9. The van der Waals surface area contributed by atoms with Crippen LogP contribution in [0.5, 0.6) is 0 Å². The summed E-state index contributed by atoms with van der Waals surface area (Å²) >= 11 is 3.12. The summed E-state index contributed by atoms with van der Waals surface area (Å²) in [5.74, 6) is 2.70. The number of sulfone groups is 1. The lowest BCUT2D eigenvalue weighted by atomic mass is 10.1. The van der Waals surface area contributed by atoms with E-state index in [2.05, 4.69) is 15.2 Å². The molecule has 11 heteroatoms. The average Bonchev–Trinajstić information content (AvgIpc) is 3.33. The fourth-order valence-corrected chi connectivity index (χ4v) is 8.04. The van der Waals surface area contributed by atoms with Gasteiger partial charge < -0.3 is 10.2 Å². The molecule has 0 saturated carbocycles. The molecule has 0 bridgehead atoms. The van der Waals surface area contributed by atoms with E-state index in [1.807, 2.05) is 0 Å². The fraction of sp³-hybridized carbons (Fsp3) is 0.579. The van der Waals surface area contributed by atoms with E-state index >= 15 is 0 Å². The number of rotatable bonds is 5. The number of fused-ring (bicyclic) bond motifs is 3. The number of thiophene rings is 1. The minimum atomic E-state index is -2.90. The number of nitrogens with two attached hydrogens (primary N) is 1. The van der Waals surface area contributed by atoms with Crippen LogP contribution in [0.25, 0.3) is 10.2 Å². The average molecular weight is 466 g/mol. The highest BCUT2D eigenvalue weighted by Gasteiger charge is 2.29. The van der Waals surface area contributed by atoms with Gasteiger partial charge in [0.05, 0.1) is 22.6 Å². The van der Waals surface area contributed by atoms with Gasteiger partial charge in [0, 0.05) is 11.3 Å². The van der Waals surface area contributed by atoms with Crippen molar-refractivity contribution < 1.29 is 12.8 Å². The molecular formula is C19H23N5O3S3. The Balaban J connectivity index is 1.27. The first kappa shape index (κ1) is 20.2.